The first kappa shape index (κ1) is 30.7. The predicted molar refractivity (Wildman–Crippen MR) is 119 cm³/mol. The van der Waals surface area contributed by atoms with Crippen LogP contribution in [0.15, 0.2) is 18.2 Å². The fraction of sp³-hybridized carbons (Fsp3) is 0.625. The van der Waals surface area contributed by atoms with E-state index in [0.717, 1.165) is 12.1 Å². The van der Waals surface area contributed by atoms with Crippen molar-refractivity contribution in [1.29, 1.82) is 0 Å². The molecule has 0 aromatic heterocycles. The summed E-state index contributed by atoms with van der Waals surface area (Å²) in [7, 11) is -8.51. The van der Waals surface area contributed by atoms with E-state index in [2.05, 4.69) is 19.6 Å². The third kappa shape index (κ3) is 10.0. The van der Waals surface area contributed by atoms with E-state index in [1.54, 1.807) is 9.80 Å². The number of alkyl halides is 4. The normalized spacial score (nSPS) is 16.4. The van der Waals surface area contributed by atoms with Crippen molar-refractivity contribution < 1.29 is 38.6 Å². The minimum atomic E-state index is -4.74. The number of nitro groups is 1. The van der Waals surface area contributed by atoms with Crippen molar-refractivity contribution >= 4 is 71.4 Å². The summed E-state index contributed by atoms with van der Waals surface area (Å²) in [5, 5.41) is 10.8. The van der Waals surface area contributed by atoms with E-state index in [0.29, 0.717) is 32.2 Å². The standard InChI is InChI=1S/C16H21BrF3N3O7S2.Na.H/c17-3-9-31(26,27)30-32(28,29)10-8-21-4-6-22(7-5-21)12-13-1-2-14(23(24)25)11-15(13)16(18,19)20;;/h1-2,11H,3-10,12H2;;. The van der Waals surface area contributed by atoms with Gasteiger partial charge in [0.15, 0.2) is 0 Å². The Morgan fingerprint density at radius 3 is 2.09 bits per heavy atom. The van der Waals surface area contributed by atoms with Crippen molar-refractivity contribution in [3.8, 4) is 0 Å². The summed E-state index contributed by atoms with van der Waals surface area (Å²) in [6.45, 7) is 1.28. The maximum atomic E-state index is 13.3. The first-order chi connectivity index (χ1) is 14.7. The Kier molecular flexibility index (Phi) is 11.7. The molecule has 0 bridgehead atoms. The van der Waals surface area contributed by atoms with Crippen LogP contribution in [0.25, 0.3) is 0 Å². The van der Waals surface area contributed by atoms with Crippen molar-refractivity contribution in [1.82, 2.24) is 9.80 Å². The molecule has 0 aliphatic carbocycles. The summed E-state index contributed by atoms with van der Waals surface area (Å²) < 4.78 is 91.0. The zero-order chi connectivity index (χ0) is 24.2. The summed E-state index contributed by atoms with van der Waals surface area (Å²) in [4.78, 5) is 13.4. The first-order valence-electron chi connectivity index (χ1n) is 9.24. The van der Waals surface area contributed by atoms with Crippen LogP contribution in [0.4, 0.5) is 18.9 Å². The topological polar surface area (TPSA) is 127 Å². The molecule has 0 radical (unpaired) electrons. The Morgan fingerprint density at radius 1 is 1.03 bits per heavy atom. The van der Waals surface area contributed by atoms with Crippen molar-refractivity contribution in [2.24, 2.45) is 0 Å². The van der Waals surface area contributed by atoms with Crippen LogP contribution in [0.3, 0.4) is 0 Å². The summed E-state index contributed by atoms with van der Waals surface area (Å²) >= 11 is 2.89. The average molecular weight is 592 g/mol. The van der Waals surface area contributed by atoms with E-state index in [1.165, 1.54) is 0 Å². The van der Waals surface area contributed by atoms with Gasteiger partial charge in [-0.2, -0.15) is 30.0 Å². The van der Waals surface area contributed by atoms with Gasteiger partial charge in [0.05, 0.1) is 22.0 Å². The van der Waals surface area contributed by atoms with Gasteiger partial charge < -0.3 is 0 Å². The summed E-state index contributed by atoms with van der Waals surface area (Å²) in [6.07, 6.45) is -4.74. The van der Waals surface area contributed by atoms with Gasteiger partial charge >= 0.3 is 35.7 Å². The number of rotatable bonds is 10. The second-order valence-corrected chi connectivity index (χ2v) is 11.4. The number of hydrogen-bond donors (Lipinski definition) is 0. The van der Waals surface area contributed by atoms with Gasteiger partial charge in [-0.15, -0.1) is 3.63 Å². The SMILES string of the molecule is O=[N+]([O-])c1ccc(CN2CCN(CCS(=O)(=O)OS(=O)(=O)CCBr)CC2)c(C(F)(F)F)c1.[NaH]. The monoisotopic (exact) mass is 591 g/mol. The molecule has 1 aliphatic heterocycles. The van der Waals surface area contributed by atoms with E-state index in [1.807, 2.05) is 0 Å². The molecule has 17 heteroatoms. The Labute approximate surface area is 220 Å². The first-order valence-corrected chi connectivity index (χ1v) is 13.5. The third-order valence-electron chi connectivity index (χ3n) is 4.66. The molecule has 1 aromatic rings. The van der Waals surface area contributed by atoms with Crippen LogP contribution in [0.1, 0.15) is 11.1 Å². The molecule has 0 atom stereocenters. The molecule has 1 fully saturated rings. The molecule has 10 nitrogen and oxygen atoms in total. The number of nitro benzene ring substituents is 1. The molecule has 0 spiro atoms. The molecule has 1 saturated heterocycles. The van der Waals surface area contributed by atoms with Crippen LogP contribution in [0.5, 0.6) is 0 Å². The van der Waals surface area contributed by atoms with Crippen molar-refractivity contribution in [2.45, 2.75) is 12.7 Å². The molecule has 0 amide bonds. The summed E-state index contributed by atoms with van der Waals surface area (Å²) in [5.74, 6) is -1.04. The van der Waals surface area contributed by atoms with Gasteiger partial charge in [-0.25, -0.2) is 0 Å². The number of hydrogen-bond acceptors (Lipinski definition) is 9. The van der Waals surface area contributed by atoms with E-state index in [9.17, 15) is 40.1 Å². The second-order valence-electron chi connectivity index (χ2n) is 6.99. The van der Waals surface area contributed by atoms with Gasteiger partial charge in [0.25, 0.3) is 25.9 Å². The fourth-order valence-corrected chi connectivity index (χ4v) is 6.72. The van der Waals surface area contributed by atoms with Crippen LogP contribution >= 0.6 is 15.9 Å². The zero-order valence-electron chi connectivity index (χ0n) is 16.6. The van der Waals surface area contributed by atoms with Crippen molar-refractivity contribution in [3.05, 3.63) is 39.4 Å². The molecule has 33 heavy (non-hydrogen) atoms. The average Bonchev–Trinajstić information content (AvgIpc) is 2.66. The Morgan fingerprint density at radius 2 is 1.58 bits per heavy atom. The Hall–Kier alpha value is -0.330. The second kappa shape index (κ2) is 12.6. The number of benzene rings is 1. The molecular formula is C16H22BrF3N3NaO7S2. The van der Waals surface area contributed by atoms with E-state index in [-0.39, 0.29) is 53.5 Å². The molecule has 184 valence electrons. The van der Waals surface area contributed by atoms with Crippen molar-refractivity contribution in [3.63, 3.8) is 0 Å². The van der Waals surface area contributed by atoms with Crippen molar-refractivity contribution in [2.75, 3.05) is 49.6 Å². The predicted octanol–water partition coefficient (Wildman–Crippen LogP) is 1.15. The number of non-ortho nitro benzene ring substituents is 1. The summed E-state index contributed by atoms with van der Waals surface area (Å²) in [6, 6.07) is 2.63. The van der Waals surface area contributed by atoms with Gasteiger partial charge in [0.1, 0.15) is 0 Å². The van der Waals surface area contributed by atoms with Gasteiger partial charge in [0, 0.05) is 56.7 Å². The molecule has 1 aliphatic rings. The molecule has 0 unspecified atom stereocenters. The number of halogens is 4. The summed E-state index contributed by atoms with van der Waals surface area (Å²) in [5.41, 5.74) is -1.81. The van der Waals surface area contributed by atoms with E-state index < -0.39 is 54.1 Å². The van der Waals surface area contributed by atoms with Crippen LogP contribution in [0, 0.1) is 10.1 Å². The molecule has 1 heterocycles. The van der Waals surface area contributed by atoms with Gasteiger partial charge in [-0.1, -0.05) is 22.0 Å². The zero-order valence-corrected chi connectivity index (χ0v) is 19.8. The molecule has 1 aromatic carbocycles. The van der Waals surface area contributed by atoms with Gasteiger partial charge in [-0.3, -0.25) is 19.9 Å². The van der Waals surface area contributed by atoms with Gasteiger partial charge in [-0.05, 0) is 5.56 Å². The number of piperazine rings is 1. The van der Waals surface area contributed by atoms with Crippen LogP contribution < -0.4 is 0 Å². The molecular weight excluding hydrogens is 570 g/mol. The van der Waals surface area contributed by atoms with E-state index in [4.69, 9.17) is 0 Å². The maximum absolute atomic E-state index is 13.3. The quantitative estimate of drug-likeness (QED) is 0.170. The molecule has 0 N–H and O–H groups in total. The van der Waals surface area contributed by atoms with Gasteiger partial charge in [0.2, 0.25) is 0 Å². The third-order valence-corrected chi connectivity index (χ3v) is 8.63. The Bertz CT molecular complexity index is 1030. The van der Waals surface area contributed by atoms with Crippen LogP contribution in [-0.2, 0) is 36.6 Å². The van der Waals surface area contributed by atoms with E-state index >= 15 is 0 Å². The number of nitrogens with zero attached hydrogens (tertiary/aromatic N) is 3. The van der Waals surface area contributed by atoms with Crippen LogP contribution in [-0.4, -0.2) is 111 Å². The molecule has 2 rings (SSSR count). The minimum absolute atomic E-state index is 0. The molecule has 0 saturated carbocycles. The fourth-order valence-electron chi connectivity index (χ4n) is 3.05. The Balaban J connectivity index is 0.00000544. The van der Waals surface area contributed by atoms with Crippen LogP contribution in [0.2, 0.25) is 0 Å².